The second kappa shape index (κ2) is 7.40. The van der Waals surface area contributed by atoms with E-state index in [-0.39, 0.29) is 11.8 Å². The van der Waals surface area contributed by atoms with Gasteiger partial charge in [0.15, 0.2) is 0 Å². The summed E-state index contributed by atoms with van der Waals surface area (Å²) in [5, 5.41) is 3.80. The number of ether oxygens (including phenoxy) is 1. The van der Waals surface area contributed by atoms with E-state index in [2.05, 4.69) is 10.1 Å². The third kappa shape index (κ3) is 5.11. The molecule has 0 spiro atoms. The second-order valence-electron chi connectivity index (χ2n) is 5.06. The smallest absolute Gasteiger partial charge is 0.406 e. The summed E-state index contributed by atoms with van der Waals surface area (Å²) in [6.07, 6.45) is -1.16. The minimum Gasteiger partial charge on any atom is -0.406 e. The lowest BCUT2D eigenvalue weighted by molar-refractivity contribution is -0.274. The quantitative estimate of drug-likeness (QED) is 0.862. The molecule has 0 radical (unpaired) electrons. The molecule has 0 saturated carbocycles. The topological polar surface area (TPSA) is 21.3 Å². The monoisotopic (exact) mass is 319 g/mol. The minimum atomic E-state index is -4.65. The summed E-state index contributed by atoms with van der Waals surface area (Å²) >= 11 is 1.90. The maximum atomic E-state index is 12.3. The largest absolute Gasteiger partial charge is 0.573 e. The second-order valence-corrected chi connectivity index (χ2v) is 6.41. The fraction of sp³-hybridized carbons (Fsp3) is 0.600. The average Bonchev–Trinajstić information content (AvgIpc) is 2.44. The number of hydrogen-bond acceptors (Lipinski definition) is 3. The zero-order chi connectivity index (χ0) is 15.3. The highest BCUT2D eigenvalue weighted by molar-refractivity contribution is 8.00. The molecule has 0 aliphatic carbocycles. The molecular weight excluding hydrogens is 299 g/mol. The fourth-order valence-corrected chi connectivity index (χ4v) is 4.07. The molecule has 2 nitrogen and oxygen atoms in total. The van der Waals surface area contributed by atoms with Crippen molar-refractivity contribution in [3.8, 4) is 5.75 Å². The van der Waals surface area contributed by atoms with E-state index in [1.807, 2.05) is 24.8 Å². The summed E-state index contributed by atoms with van der Waals surface area (Å²) < 4.78 is 41.0. The first-order valence-electron chi connectivity index (χ1n) is 7.20. The number of halogens is 3. The SMILES string of the molecule is CCNC(c1cccc(OC(F)(F)F)c1)C1CCCCS1. The van der Waals surface area contributed by atoms with Crippen LogP contribution in [0, 0.1) is 0 Å². The third-order valence-electron chi connectivity index (χ3n) is 3.46. The predicted octanol–water partition coefficient (Wildman–Crippen LogP) is 4.52. The fourth-order valence-electron chi connectivity index (χ4n) is 2.62. The molecule has 0 amide bonds. The molecule has 6 heteroatoms. The van der Waals surface area contributed by atoms with Crippen LogP contribution in [0.2, 0.25) is 0 Å². The van der Waals surface area contributed by atoms with Crippen LogP contribution in [0.4, 0.5) is 13.2 Å². The molecule has 1 saturated heterocycles. The summed E-state index contributed by atoms with van der Waals surface area (Å²) in [5.74, 6) is 0.967. The van der Waals surface area contributed by atoms with Crippen LogP contribution in [0.3, 0.4) is 0 Å². The Morgan fingerprint density at radius 2 is 2.19 bits per heavy atom. The van der Waals surface area contributed by atoms with Crippen LogP contribution in [0.5, 0.6) is 5.75 Å². The van der Waals surface area contributed by atoms with Crippen molar-refractivity contribution in [2.75, 3.05) is 12.3 Å². The van der Waals surface area contributed by atoms with Crippen molar-refractivity contribution in [3.63, 3.8) is 0 Å². The number of nitrogens with one attached hydrogen (secondary N) is 1. The summed E-state index contributed by atoms with van der Waals surface area (Å²) in [6.45, 7) is 2.79. The van der Waals surface area contributed by atoms with Crippen LogP contribution in [0.15, 0.2) is 24.3 Å². The Morgan fingerprint density at radius 3 is 2.81 bits per heavy atom. The first kappa shape index (κ1) is 16.5. The molecular formula is C15H20F3NOS. The Kier molecular flexibility index (Phi) is 5.81. The van der Waals surface area contributed by atoms with Gasteiger partial charge < -0.3 is 10.1 Å². The van der Waals surface area contributed by atoms with Crippen molar-refractivity contribution in [1.82, 2.24) is 5.32 Å². The van der Waals surface area contributed by atoms with Crippen LogP contribution < -0.4 is 10.1 Å². The van der Waals surface area contributed by atoms with Gasteiger partial charge in [0.25, 0.3) is 0 Å². The summed E-state index contributed by atoms with van der Waals surface area (Å²) in [7, 11) is 0. The molecule has 1 heterocycles. The summed E-state index contributed by atoms with van der Waals surface area (Å²) in [4.78, 5) is 0. The van der Waals surface area contributed by atoms with Crippen molar-refractivity contribution >= 4 is 11.8 Å². The standard InChI is InChI=1S/C15H20F3NOS/c1-2-19-14(13-8-3-4-9-21-13)11-6-5-7-12(10-11)20-15(16,17)18/h5-7,10,13-14,19H,2-4,8-9H2,1H3. The summed E-state index contributed by atoms with van der Waals surface area (Å²) in [6, 6.07) is 6.39. The molecule has 2 unspecified atom stereocenters. The van der Waals surface area contributed by atoms with E-state index in [1.54, 1.807) is 6.07 Å². The molecule has 118 valence electrons. The number of benzene rings is 1. The highest BCUT2D eigenvalue weighted by atomic mass is 32.2. The highest BCUT2D eigenvalue weighted by Gasteiger charge is 2.32. The molecule has 1 aliphatic rings. The Morgan fingerprint density at radius 1 is 1.38 bits per heavy atom. The molecule has 1 aliphatic heterocycles. The maximum Gasteiger partial charge on any atom is 0.573 e. The molecule has 1 N–H and O–H groups in total. The van der Waals surface area contributed by atoms with Gasteiger partial charge in [0, 0.05) is 11.3 Å². The van der Waals surface area contributed by atoms with Gasteiger partial charge in [-0.05, 0) is 42.8 Å². The predicted molar refractivity (Wildman–Crippen MR) is 79.6 cm³/mol. The number of hydrogen-bond donors (Lipinski definition) is 1. The lowest BCUT2D eigenvalue weighted by Gasteiger charge is -2.31. The van der Waals surface area contributed by atoms with Gasteiger partial charge in [0.1, 0.15) is 5.75 Å². The highest BCUT2D eigenvalue weighted by Crippen LogP contribution is 2.36. The van der Waals surface area contributed by atoms with Crippen molar-refractivity contribution in [2.24, 2.45) is 0 Å². The van der Waals surface area contributed by atoms with E-state index < -0.39 is 6.36 Å². The van der Waals surface area contributed by atoms with Gasteiger partial charge in [-0.3, -0.25) is 0 Å². The van der Waals surface area contributed by atoms with Crippen LogP contribution in [-0.4, -0.2) is 23.9 Å². The molecule has 2 rings (SSSR count). The van der Waals surface area contributed by atoms with Crippen LogP contribution in [0.1, 0.15) is 37.8 Å². The first-order valence-corrected chi connectivity index (χ1v) is 8.25. The van der Waals surface area contributed by atoms with Gasteiger partial charge in [-0.15, -0.1) is 13.2 Å². The normalized spacial score (nSPS) is 21.0. The molecule has 1 aromatic carbocycles. The van der Waals surface area contributed by atoms with Crippen LogP contribution in [0.25, 0.3) is 0 Å². The van der Waals surface area contributed by atoms with Crippen molar-refractivity contribution < 1.29 is 17.9 Å². The van der Waals surface area contributed by atoms with E-state index in [9.17, 15) is 13.2 Å². The van der Waals surface area contributed by atoms with E-state index in [4.69, 9.17) is 0 Å². The number of alkyl halides is 3. The number of thioether (sulfide) groups is 1. The molecule has 1 fully saturated rings. The molecule has 0 bridgehead atoms. The van der Waals surface area contributed by atoms with Crippen molar-refractivity contribution in [3.05, 3.63) is 29.8 Å². The van der Waals surface area contributed by atoms with Gasteiger partial charge in [0.05, 0.1) is 0 Å². The van der Waals surface area contributed by atoms with Gasteiger partial charge >= 0.3 is 6.36 Å². The van der Waals surface area contributed by atoms with E-state index in [1.165, 1.54) is 25.0 Å². The number of rotatable bonds is 5. The molecule has 1 aromatic rings. The first-order chi connectivity index (χ1) is 9.99. The zero-order valence-corrected chi connectivity index (χ0v) is 12.8. The van der Waals surface area contributed by atoms with Crippen LogP contribution in [-0.2, 0) is 0 Å². The van der Waals surface area contributed by atoms with Crippen molar-refractivity contribution in [1.29, 1.82) is 0 Å². The van der Waals surface area contributed by atoms with Gasteiger partial charge in [-0.1, -0.05) is 25.5 Å². The molecule has 0 aromatic heterocycles. The molecule has 21 heavy (non-hydrogen) atoms. The van der Waals surface area contributed by atoms with Gasteiger partial charge in [-0.25, -0.2) is 0 Å². The van der Waals surface area contributed by atoms with Crippen LogP contribution >= 0.6 is 11.8 Å². The van der Waals surface area contributed by atoms with Crippen molar-refractivity contribution in [2.45, 2.75) is 43.8 Å². The van der Waals surface area contributed by atoms with E-state index in [0.29, 0.717) is 5.25 Å². The Bertz CT molecular complexity index is 447. The Hall–Kier alpha value is -0.880. The van der Waals surface area contributed by atoms with Gasteiger partial charge in [-0.2, -0.15) is 11.8 Å². The molecule has 2 atom stereocenters. The Balaban J connectivity index is 2.17. The Labute approximate surface area is 127 Å². The zero-order valence-electron chi connectivity index (χ0n) is 12.0. The minimum absolute atomic E-state index is 0.0667. The third-order valence-corrected chi connectivity index (χ3v) is 4.92. The van der Waals surface area contributed by atoms with E-state index >= 15 is 0 Å². The lowest BCUT2D eigenvalue weighted by Crippen LogP contribution is -2.31. The maximum absolute atomic E-state index is 12.3. The van der Waals surface area contributed by atoms with E-state index in [0.717, 1.165) is 24.3 Å². The lowest BCUT2D eigenvalue weighted by atomic mass is 9.99. The average molecular weight is 319 g/mol. The van der Waals surface area contributed by atoms with Gasteiger partial charge in [0.2, 0.25) is 0 Å². The summed E-state index contributed by atoms with van der Waals surface area (Å²) in [5.41, 5.74) is 0.859.